The van der Waals surface area contributed by atoms with Crippen molar-refractivity contribution in [2.75, 3.05) is 18.8 Å². The van der Waals surface area contributed by atoms with Crippen LogP contribution in [-0.4, -0.2) is 53.3 Å². The van der Waals surface area contributed by atoms with E-state index < -0.39 is 29.7 Å². The van der Waals surface area contributed by atoms with Gasteiger partial charge in [-0.25, -0.2) is 4.79 Å². The van der Waals surface area contributed by atoms with Crippen LogP contribution in [0, 0.1) is 12.3 Å². The highest BCUT2D eigenvalue weighted by molar-refractivity contribution is 7.80. The van der Waals surface area contributed by atoms with Crippen LogP contribution in [-0.2, 0) is 14.3 Å². The lowest BCUT2D eigenvalue weighted by atomic mass is 9.97. The minimum absolute atomic E-state index is 0.0450. The van der Waals surface area contributed by atoms with Gasteiger partial charge in [0.15, 0.2) is 0 Å². The maximum Gasteiger partial charge on any atom is 0.408 e. The molecule has 194 valence electrons. The highest BCUT2D eigenvalue weighted by Crippen LogP contribution is 2.26. The van der Waals surface area contributed by atoms with Gasteiger partial charge in [-0.3, -0.25) is 9.59 Å². The van der Waals surface area contributed by atoms with E-state index in [4.69, 9.17) is 11.2 Å². The SMILES string of the molecule is C#Cc1ccccc1C(C(=O)NCCCC)N(CCCCC)C(=O)C(CS)NC(=O)OC(C)(C)C. The van der Waals surface area contributed by atoms with E-state index in [1.165, 1.54) is 4.90 Å². The number of carbonyl (C=O) groups is 3. The van der Waals surface area contributed by atoms with Gasteiger partial charge in [0.2, 0.25) is 11.8 Å². The fourth-order valence-electron chi connectivity index (χ4n) is 3.54. The number of benzene rings is 1. The molecular weight excluding hydrogens is 462 g/mol. The average molecular weight is 504 g/mol. The van der Waals surface area contributed by atoms with E-state index in [2.05, 4.69) is 36.1 Å². The molecule has 1 aromatic rings. The van der Waals surface area contributed by atoms with Crippen LogP contribution in [0.3, 0.4) is 0 Å². The summed E-state index contributed by atoms with van der Waals surface area (Å²) in [6, 6.07) is 5.22. The Bertz CT molecular complexity index is 876. The van der Waals surface area contributed by atoms with E-state index in [1.807, 2.05) is 6.92 Å². The van der Waals surface area contributed by atoms with Crippen LogP contribution in [0.15, 0.2) is 24.3 Å². The maximum atomic E-state index is 13.8. The summed E-state index contributed by atoms with van der Waals surface area (Å²) in [6.45, 7) is 10.2. The van der Waals surface area contributed by atoms with Gasteiger partial charge in [0.25, 0.3) is 0 Å². The third-order valence-corrected chi connectivity index (χ3v) is 5.62. The number of nitrogens with one attached hydrogen (secondary N) is 2. The van der Waals surface area contributed by atoms with Crippen molar-refractivity contribution < 1.29 is 19.1 Å². The fraction of sp³-hybridized carbons (Fsp3) is 0.593. The van der Waals surface area contributed by atoms with Crippen LogP contribution in [0.5, 0.6) is 0 Å². The first-order chi connectivity index (χ1) is 16.6. The molecule has 35 heavy (non-hydrogen) atoms. The number of carbonyl (C=O) groups excluding carboxylic acids is 3. The Morgan fingerprint density at radius 1 is 1.11 bits per heavy atom. The standard InChI is InChI=1S/C27H41N3O4S/c1-7-10-14-18-30(25(32)22(19-35)29-26(33)34-27(4,5)6)23(24(31)28-17-11-8-2)21-16-13-12-15-20(21)9-3/h3,12-13,15-16,22-23,35H,7-8,10-11,14,17-19H2,1-2,4-6H3,(H,28,31)(H,29,33). The summed E-state index contributed by atoms with van der Waals surface area (Å²) in [5.74, 6) is 1.97. The smallest absolute Gasteiger partial charge is 0.408 e. The topological polar surface area (TPSA) is 87.7 Å². The number of hydrogen-bond acceptors (Lipinski definition) is 5. The molecular formula is C27H41N3O4S. The summed E-state index contributed by atoms with van der Waals surface area (Å²) in [5.41, 5.74) is 0.394. The lowest BCUT2D eigenvalue weighted by molar-refractivity contribution is -0.142. The van der Waals surface area contributed by atoms with Gasteiger partial charge in [0, 0.05) is 24.4 Å². The number of rotatable bonds is 13. The third-order valence-electron chi connectivity index (χ3n) is 5.26. The minimum atomic E-state index is -0.973. The Balaban J connectivity index is 3.42. The van der Waals surface area contributed by atoms with Crippen LogP contribution in [0.2, 0.25) is 0 Å². The molecule has 1 rings (SSSR count). The predicted octanol–water partition coefficient (Wildman–Crippen LogP) is 4.47. The molecule has 0 aliphatic rings. The monoisotopic (exact) mass is 503 g/mol. The highest BCUT2D eigenvalue weighted by atomic mass is 32.1. The molecule has 1 aromatic carbocycles. The normalized spacial score (nSPS) is 12.7. The first kappa shape index (κ1) is 30.4. The Morgan fingerprint density at radius 3 is 2.34 bits per heavy atom. The largest absolute Gasteiger partial charge is 0.444 e. The molecule has 7 nitrogen and oxygen atoms in total. The number of terminal acetylenes is 1. The molecule has 0 aliphatic carbocycles. The molecule has 0 bridgehead atoms. The number of hydrogen-bond donors (Lipinski definition) is 3. The fourth-order valence-corrected chi connectivity index (χ4v) is 3.78. The molecule has 0 fully saturated rings. The first-order valence-corrected chi connectivity index (χ1v) is 13.0. The van der Waals surface area contributed by atoms with Crippen LogP contribution in [0.4, 0.5) is 4.79 Å². The highest BCUT2D eigenvalue weighted by Gasteiger charge is 2.36. The Hall–Kier alpha value is -2.66. The summed E-state index contributed by atoms with van der Waals surface area (Å²) in [5, 5.41) is 5.57. The van der Waals surface area contributed by atoms with Gasteiger partial charge in [-0.1, -0.05) is 57.2 Å². The van der Waals surface area contributed by atoms with Gasteiger partial charge in [-0.15, -0.1) is 6.42 Å². The summed E-state index contributed by atoms with van der Waals surface area (Å²) in [4.78, 5) is 41.2. The average Bonchev–Trinajstić information content (AvgIpc) is 2.80. The van der Waals surface area contributed by atoms with Crippen molar-refractivity contribution in [2.45, 2.75) is 84.4 Å². The first-order valence-electron chi connectivity index (χ1n) is 12.3. The molecule has 3 amide bonds. The second-order valence-corrected chi connectivity index (χ2v) is 9.76. The van der Waals surface area contributed by atoms with Crippen molar-refractivity contribution in [3.63, 3.8) is 0 Å². The number of amides is 3. The van der Waals surface area contributed by atoms with Gasteiger partial charge in [0.05, 0.1) is 0 Å². The summed E-state index contributed by atoms with van der Waals surface area (Å²) >= 11 is 4.31. The van der Waals surface area contributed by atoms with E-state index in [-0.39, 0.29) is 11.7 Å². The van der Waals surface area contributed by atoms with Crippen LogP contribution in [0.1, 0.15) is 83.9 Å². The molecule has 0 aromatic heterocycles. The summed E-state index contributed by atoms with van der Waals surface area (Å²) in [7, 11) is 0. The Kier molecular flexibility index (Phi) is 13.3. The van der Waals surface area contributed by atoms with Crippen LogP contribution in [0.25, 0.3) is 0 Å². The molecule has 0 saturated heterocycles. The Labute approximate surface area is 216 Å². The quantitative estimate of drug-likeness (QED) is 0.211. The minimum Gasteiger partial charge on any atom is -0.444 e. The molecule has 0 radical (unpaired) electrons. The van der Waals surface area contributed by atoms with Crippen molar-refractivity contribution in [3.05, 3.63) is 35.4 Å². The van der Waals surface area contributed by atoms with Crippen molar-refractivity contribution in [2.24, 2.45) is 0 Å². The molecule has 2 atom stereocenters. The molecule has 0 saturated carbocycles. The molecule has 2 N–H and O–H groups in total. The molecule has 2 unspecified atom stereocenters. The van der Waals surface area contributed by atoms with Crippen molar-refractivity contribution in [3.8, 4) is 12.3 Å². The number of ether oxygens (including phenoxy) is 1. The van der Waals surface area contributed by atoms with Crippen molar-refractivity contribution in [1.29, 1.82) is 0 Å². The third kappa shape index (κ3) is 10.2. The van der Waals surface area contributed by atoms with E-state index in [0.29, 0.717) is 30.6 Å². The van der Waals surface area contributed by atoms with E-state index in [1.54, 1.807) is 45.0 Å². The number of alkyl carbamates (subject to hydrolysis) is 1. The zero-order valence-electron chi connectivity index (χ0n) is 21.7. The number of unbranched alkanes of at least 4 members (excludes halogenated alkanes) is 3. The second kappa shape index (κ2) is 15.4. The zero-order valence-corrected chi connectivity index (χ0v) is 22.6. The van der Waals surface area contributed by atoms with Crippen LogP contribution >= 0.6 is 12.6 Å². The van der Waals surface area contributed by atoms with Gasteiger partial charge < -0.3 is 20.3 Å². The lowest BCUT2D eigenvalue weighted by Crippen LogP contribution is -2.54. The van der Waals surface area contributed by atoms with Gasteiger partial charge in [0.1, 0.15) is 17.7 Å². The number of nitrogens with zero attached hydrogens (tertiary/aromatic N) is 1. The zero-order chi connectivity index (χ0) is 26.4. The van der Waals surface area contributed by atoms with E-state index in [9.17, 15) is 14.4 Å². The maximum absolute atomic E-state index is 13.8. The van der Waals surface area contributed by atoms with Crippen LogP contribution < -0.4 is 10.6 Å². The summed E-state index contributed by atoms with van der Waals surface area (Å²) < 4.78 is 5.33. The number of thiol groups is 1. The molecule has 0 heterocycles. The molecule has 0 spiro atoms. The van der Waals surface area contributed by atoms with Crippen molar-refractivity contribution >= 4 is 30.5 Å². The van der Waals surface area contributed by atoms with E-state index in [0.717, 1.165) is 25.7 Å². The van der Waals surface area contributed by atoms with Gasteiger partial charge >= 0.3 is 6.09 Å². The lowest BCUT2D eigenvalue weighted by Gasteiger charge is -2.34. The molecule has 8 heteroatoms. The van der Waals surface area contributed by atoms with Gasteiger partial charge in [-0.05, 0) is 45.2 Å². The Morgan fingerprint density at radius 2 is 1.77 bits per heavy atom. The second-order valence-electron chi connectivity index (χ2n) is 9.40. The molecule has 0 aliphatic heterocycles. The summed E-state index contributed by atoms with van der Waals surface area (Å²) in [6.07, 6.45) is 9.30. The van der Waals surface area contributed by atoms with Gasteiger partial charge in [-0.2, -0.15) is 12.6 Å². The van der Waals surface area contributed by atoms with Crippen molar-refractivity contribution in [1.82, 2.24) is 15.5 Å². The predicted molar refractivity (Wildman–Crippen MR) is 143 cm³/mol. The van der Waals surface area contributed by atoms with E-state index >= 15 is 0 Å².